The molecule has 0 aliphatic rings. The van der Waals surface area contributed by atoms with Gasteiger partial charge in [0.25, 0.3) is 0 Å². The predicted octanol–water partition coefficient (Wildman–Crippen LogP) is 2.64. The van der Waals surface area contributed by atoms with Crippen molar-refractivity contribution in [2.75, 3.05) is 5.32 Å². The number of anilines is 1. The van der Waals surface area contributed by atoms with Gasteiger partial charge in [-0.25, -0.2) is 14.3 Å². The number of amides is 2. The number of urea groups is 1. The summed E-state index contributed by atoms with van der Waals surface area (Å²) in [5, 5.41) is 13.7. The molecule has 2 amide bonds. The highest BCUT2D eigenvalue weighted by atomic mass is 16.5. The summed E-state index contributed by atoms with van der Waals surface area (Å²) in [6, 6.07) is 1.52. The van der Waals surface area contributed by atoms with Gasteiger partial charge in [0.05, 0.1) is 30.3 Å². The van der Waals surface area contributed by atoms with Crippen LogP contribution < -0.4 is 10.6 Å². The molecule has 0 saturated carbocycles. The largest absolute Gasteiger partial charge is 0.364 e. The average molecular weight is 328 g/mol. The maximum atomic E-state index is 12.1. The molecule has 0 atom stereocenters. The van der Waals surface area contributed by atoms with E-state index in [0.717, 1.165) is 16.9 Å². The predicted molar refractivity (Wildman–Crippen MR) is 88.8 cm³/mol. The van der Waals surface area contributed by atoms with Crippen LogP contribution in [-0.2, 0) is 12.0 Å². The van der Waals surface area contributed by atoms with Crippen LogP contribution in [0.2, 0.25) is 0 Å². The number of nitrogens with one attached hydrogen (secondary N) is 2. The number of hydrogen-bond donors (Lipinski definition) is 2. The number of rotatable bonds is 3. The molecular formula is C16H20N6O2. The van der Waals surface area contributed by atoms with Crippen LogP contribution in [0.4, 0.5) is 10.5 Å². The van der Waals surface area contributed by atoms with Gasteiger partial charge in [0.15, 0.2) is 5.65 Å². The summed E-state index contributed by atoms with van der Waals surface area (Å²) in [6.07, 6.45) is 4.92. The molecule has 0 spiro atoms. The fourth-order valence-electron chi connectivity index (χ4n) is 2.40. The summed E-state index contributed by atoms with van der Waals surface area (Å²) in [6.45, 7) is 8.37. The molecule has 0 saturated heterocycles. The summed E-state index contributed by atoms with van der Waals surface area (Å²) < 4.78 is 6.66. The quantitative estimate of drug-likeness (QED) is 0.770. The van der Waals surface area contributed by atoms with Crippen molar-refractivity contribution in [2.45, 2.75) is 39.7 Å². The Morgan fingerprint density at radius 1 is 1.38 bits per heavy atom. The molecule has 2 N–H and O–H groups in total. The van der Waals surface area contributed by atoms with Crippen molar-refractivity contribution in [3.63, 3.8) is 0 Å². The summed E-state index contributed by atoms with van der Waals surface area (Å²) >= 11 is 0. The first-order valence-corrected chi connectivity index (χ1v) is 7.63. The van der Waals surface area contributed by atoms with Crippen LogP contribution in [0.5, 0.6) is 0 Å². The molecule has 0 bridgehead atoms. The summed E-state index contributed by atoms with van der Waals surface area (Å²) in [7, 11) is 0. The first kappa shape index (κ1) is 16.0. The molecule has 0 radical (unpaired) electrons. The van der Waals surface area contributed by atoms with Gasteiger partial charge in [0.1, 0.15) is 12.0 Å². The molecule has 8 heteroatoms. The van der Waals surface area contributed by atoms with Crippen molar-refractivity contribution in [3.8, 4) is 0 Å². The molecular weight excluding hydrogens is 308 g/mol. The zero-order valence-electron chi connectivity index (χ0n) is 14.1. The maximum absolute atomic E-state index is 12.1. The lowest BCUT2D eigenvalue weighted by atomic mass is 9.87. The van der Waals surface area contributed by atoms with Gasteiger partial charge in [-0.3, -0.25) is 0 Å². The number of carbonyl (C=O) groups is 1. The zero-order chi connectivity index (χ0) is 17.3. The van der Waals surface area contributed by atoms with Gasteiger partial charge in [-0.2, -0.15) is 5.10 Å². The molecule has 8 nitrogen and oxygen atoms in total. The lowest BCUT2D eigenvalue weighted by Crippen LogP contribution is -2.29. The lowest BCUT2D eigenvalue weighted by Gasteiger charge is -2.17. The van der Waals surface area contributed by atoms with Gasteiger partial charge in [-0.15, -0.1) is 0 Å². The summed E-state index contributed by atoms with van der Waals surface area (Å²) in [5.41, 5.74) is 3.74. The van der Waals surface area contributed by atoms with Crippen LogP contribution in [0.25, 0.3) is 5.65 Å². The van der Waals surface area contributed by atoms with Crippen LogP contribution >= 0.6 is 0 Å². The average Bonchev–Trinajstić information content (AvgIpc) is 3.09. The zero-order valence-corrected chi connectivity index (χ0v) is 14.1. The first-order chi connectivity index (χ1) is 11.3. The third kappa shape index (κ3) is 3.37. The third-order valence-electron chi connectivity index (χ3n) is 3.56. The van der Waals surface area contributed by atoms with E-state index >= 15 is 0 Å². The van der Waals surface area contributed by atoms with E-state index in [1.54, 1.807) is 23.2 Å². The van der Waals surface area contributed by atoms with Gasteiger partial charge >= 0.3 is 6.03 Å². The fraction of sp³-hybridized carbons (Fsp3) is 0.375. The summed E-state index contributed by atoms with van der Waals surface area (Å²) in [4.78, 5) is 16.3. The third-order valence-corrected chi connectivity index (χ3v) is 3.56. The Morgan fingerprint density at radius 3 is 2.92 bits per heavy atom. The molecule has 0 fully saturated rings. The molecule has 3 rings (SSSR count). The molecule has 3 heterocycles. The minimum absolute atomic E-state index is 0.0968. The molecule has 0 aromatic carbocycles. The topological polar surface area (TPSA) is 97.3 Å². The van der Waals surface area contributed by atoms with Crippen LogP contribution in [0.1, 0.15) is 37.7 Å². The number of aromatic nitrogens is 4. The van der Waals surface area contributed by atoms with Crippen LogP contribution in [0.3, 0.4) is 0 Å². The van der Waals surface area contributed by atoms with E-state index < -0.39 is 0 Å². The Kier molecular flexibility index (Phi) is 3.96. The van der Waals surface area contributed by atoms with E-state index in [1.807, 2.05) is 13.0 Å². The normalized spacial score (nSPS) is 11.7. The van der Waals surface area contributed by atoms with Gasteiger partial charge in [-0.05, 0) is 12.3 Å². The van der Waals surface area contributed by atoms with Crippen LogP contribution in [0, 0.1) is 6.92 Å². The van der Waals surface area contributed by atoms with Crippen molar-refractivity contribution in [2.24, 2.45) is 0 Å². The number of aryl methyl sites for hydroxylation is 1. The Morgan fingerprint density at radius 2 is 2.17 bits per heavy atom. The highest BCUT2D eigenvalue weighted by molar-refractivity contribution is 5.88. The van der Waals surface area contributed by atoms with Crippen LogP contribution in [0.15, 0.2) is 29.2 Å². The van der Waals surface area contributed by atoms with E-state index in [2.05, 4.69) is 46.6 Å². The maximum Gasteiger partial charge on any atom is 0.319 e. The Labute approximate surface area is 139 Å². The fourth-order valence-corrected chi connectivity index (χ4v) is 2.40. The highest BCUT2D eigenvalue weighted by Crippen LogP contribution is 2.25. The van der Waals surface area contributed by atoms with Gasteiger partial charge < -0.3 is 15.2 Å². The number of hydrogen-bond acceptors (Lipinski definition) is 5. The van der Waals surface area contributed by atoms with E-state index in [1.165, 1.54) is 0 Å². The number of carbonyl (C=O) groups excluding carboxylic acids is 1. The molecule has 0 unspecified atom stereocenters. The standard InChI is InChI=1S/C16H20N6O2/c1-10-5-14-17-6-11(8-22(14)20-10)19-15(23)18-7-13-12(9-24-21-13)16(2,3)4/h5-6,8-9H,7H2,1-4H3,(H2,18,19,23). The van der Waals surface area contributed by atoms with Crippen molar-refractivity contribution >= 4 is 17.4 Å². The second-order valence-electron chi connectivity index (χ2n) is 6.66. The van der Waals surface area contributed by atoms with Gasteiger partial charge in [0.2, 0.25) is 0 Å². The SMILES string of the molecule is Cc1cc2ncc(NC(=O)NCc3nocc3C(C)(C)C)cn2n1. The molecule has 3 aromatic heterocycles. The number of fused-ring (bicyclic) bond motifs is 1. The number of nitrogens with zero attached hydrogens (tertiary/aromatic N) is 4. The Bertz CT molecular complexity index is 874. The minimum atomic E-state index is -0.345. The van der Waals surface area contributed by atoms with Crippen LogP contribution in [-0.4, -0.2) is 25.8 Å². The van der Waals surface area contributed by atoms with Gasteiger partial charge in [0, 0.05) is 11.6 Å². The monoisotopic (exact) mass is 328 g/mol. The van der Waals surface area contributed by atoms with Crippen molar-refractivity contribution in [1.29, 1.82) is 0 Å². The summed E-state index contributed by atoms with van der Waals surface area (Å²) in [5.74, 6) is 0. The molecule has 126 valence electrons. The van der Waals surface area contributed by atoms with Crippen molar-refractivity contribution in [1.82, 2.24) is 25.1 Å². The second kappa shape index (κ2) is 5.95. The van der Waals surface area contributed by atoms with E-state index in [0.29, 0.717) is 11.4 Å². The Balaban J connectivity index is 1.64. The van der Waals surface area contributed by atoms with Gasteiger partial charge in [-0.1, -0.05) is 25.9 Å². The Hall–Kier alpha value is -2.90. The molecule has 24 heavy (non-hydrogen) atoms. The first-order valence-electron chi connectivity index (χ1n) is 7.63. The van der Waals surface area contributed by atoms with E-state index in [4.69, 9.17) is 4.52 Å². The highest BCUT2D eigenvalue weighted by Gasteiger charge is 2.21. The van der Waals surface area contributed by atoms with E-state index in [9.17, 15) is 4.79 Å². The smallest absolute Gasteiger partial charge is 0.319 e. The minimum Gasteiger partial charge on any atom is -0.364 e. The van der Waals surface area contributed by atoms with Crippen molar-refractivity contribution < 1.29 is 9.32 Å². The van der Waals surface area contributed by atoms with E-state index in [-0.39, 0.29) is 18.0 Å². The molecule has 0 aliphatic carbocycles. The van der Waals surface area contributed by atoms with Crippen molar-refractivity contribution in [3.05, 3.63) is 41.7 Å². The molecule has 3 aromatic rings. The molecule has 0 aliphatic heterocycles. The second-order valence-corrected chi connectivity index (χ2v) is 6.66. The lowest BCUT2D eigenvalue weighted by molar-refractivity contribution is 0.251.